The average molecular weight is 525 g/mol. The number of rotatable bonds is 10. The van der Waals surface area contributed by atoms with Gasteiger partial charge < -0.3 is 10.1 Å². The average Bonchev–Trinajstić information content (AvgIpc) is 2.63. The normalized spacial score (nSPS) is 15.6. The van der Waals surface area contributed by atoms with Gasteiger partial charge in [-0.05, 0) is 13.0 Å². The highest BCUT2D eigenvalue weighted by molar-refractivity contribution is 5.87. The van der Waals surface area contributed by atoms with Crippen LogP contribution in [0.5, 0.6) is 0 Å². The SMILES string of the molecule is C=CC(=O)NC(C)COC(=O)C(F)(F)C(F)(F)C(F)(F)C(F)(F)C(F)(F)C(F)(F)C(F)(F)F. The van der Waals surface area contributed by atoms with Crippen molar-refractivity contribution in [3.63, 3.8) is 0 Å². The standard InChI is InChI=1S/C14H10F15NO3/c1-3-6(31)30-5(2)4-33-7(32)8(15,16)9(17,18)10(19,20)11(21,22)12(23,24)13(25,26)14(27,28)29/h3,5H,1,4H2,2H3,(H,30,31). The summed E-state index contributed by atoms with van der Waals surface area (Å²) in [6.45, 7) is 2.20. The highest BCUT2D eigenvalue weighted by Gasteiger charge is 2.94. The highest BCUT2D eigenvalue weighted by Crippen LogP contribution is 2.62. The summed E-state index contributed by atoms with van der Waals surface area (Å²) in [6, 6.07) is -1.54. The van der Waals surface area contributed by atoms with Gasteiger partial charge in [-0.3, -0.25) is 4.79 Å². The number of hydrogen-bond donors (Lipinski definition) is 1. The fourth-order valence-corrected chi connectivity index (χ4v) is 1.73. The first kappa shape index (κ1) is 30.6. The number of carbonyl (C=O) groups excluding carboxylic acids is 2. The molecule has 33 heavy (non-hydrogen) atoms. The molecule has 0 radical (unpaired) electrons. The Morgan fingerprint density at radius 1 is 0.758 bits per heavy atom. The van der Waals surface area contributed by atoms with Crippen LogP contribution in [0, 0.1) is 0 Å². The van der Waals surface area contributed by atoms with Crippen molar-refractivity contribution in [2.75, 3.05) is 6.61 Å². The smallest absolute Gasteiger partial charge is 0.459 e. The monoisotopic (exact) mass is 525 g/mol. The molecular formula is C14H10F15NO3. The van der Waals surface area contributed by atoms with E-state index < -0.39 is 66.2 Å². The van der Waals surface area contributed by atoms with Crippen molar-refractivity contribution < 1.29 is 80.2 Å². The molecule has 0 aliphatic heterocycles. The van der Waals surface area contributed by atoms with Crippen LogP contribution in [0.25, 0.3) is 0 Å². The van der Waals surface area contributed by atoms with E-state index in [1.807, 2.05) is 0 Å². The summed E-state index contributed by atoms with van der Waals surface area (Å²) >= 11 is 0. The second-order valence-electron chi connectivity index (χ2n) is 6.16. The van der Waals surface area contributed by atoms with Gasteiger partial charge >= 0.3 is 47.7 Å². The van der Waals surface area contributed by atoms with Crippen molar-refractivity contribution in [2.24, 2.45) is 0 Å². The van der Waals surface area contributed by atoms with E-state index in [9.17, 15) is 75.4 Å². The molecule has 0 heterocycles. The number of halogens is 15. The van der Waals surface area contributed by atoms with Crippen molar-refractivity contribution >= 4 is 11.9 Å². The fraction of sp³-hybridized carbons (Fsp3) is 0.714. The van der Waals surface area contributed by atoms with E-state index in [2.05, 4.69) is 11.3 Å². The summed E-state index contributed by atoms with van der Waals surface area (Å²) < 4.78 is 198. The van der Waals surface area contributed by atoms with Crippen molar-refractivity contribution in [3.8, 4) is 0 Å². The van der Waals surface area contributed by atoms with Crippen LogP contribution >= 0.6 is 0 Å². The molecule has 0 fully saturated rings. The number of amides is 1. The molecule has 0 rings (SSSR count). The van der Waals surface area contributed by atoms with Crippen LogP contribution in [0.15, 0.2) is 12.7 Å². The lowest BCUT2D eigenvalue weighted by molar-refractivity contribution is -0.450. The van der Waals surface area contributed by atoms with Gasteiger partial charge in [-0.1, -0.05) is 6.58 Å². The molecule has 0 aromatic heterocycles. The molecule has 194 valence electrons. The first-order chi connectivity index (χ1) is 14.3. The molecule has 1 atom stereocenters. The Morgan fingerprint density at radius 2 is 1.12 bits per heavy atom. The lowest BCUT2D eigenvalue weighted by Crippen LogP contribution is -2.73. The number of alkyl halides is 15. The van der Waals surface area contributed by atoms with Crippen molar-refractivity contribution in [1.82, 2.24) is 5.32 Å². The maximum Gasteiger partial charge on any atom is 0.460 e. The third kappa shape index (κ3) is 4.80. The second-order valence-corrected chi connectivity index (χ2v) is 6.16. The summed E-state index contributed by atoms with van der Waals surface area (Å²) in [5, 5.41) is 1.76. The van der Waals surface area contributed by atoms with E-state index >= 15 is 0 Å². The van der Waals surface area contributed by atoms with Gasteiger partial charge in [0.25, 0.3) is 0 Å². The summed E-state index contributed by atoms with van der Waals surface area (Å²) in [5.41, 5.74) is 0. The van der Waals surface area contributed by atoms with Gasteiger partial charge in [-0.25, -0.2) is 4.79 Å². The summed E-state index contributed by atoms with van der Waals surface area (Å²) in [7, 11) is 0. The maximum absolute atomic E-state index is 13.5. The zero-order chi connectivity index (χ0) is 27.1. The first-order valence-corrected chi connectivity index (χ1v) is 7.71. The second kappa shape index (κ2) is 8.77. The number of hydrogen-bond acceptors (Lipinski definition) is 3. The topological polar surface area (TPSA) is 55.4 Å². The van der Waals surface area contributed by atoms with Crippen LogP contribution in [-0.4, -0.2) is 66.2 Å². The summed E-state index contributed by atoms with van der Waals surface area (Å²) in [5.74, 6) is -53.5. The van der Waals surface area contributed by atoms with Crippen molar-refractivity contribution in [2.45, 2.75) is 54.7 Å². The van der Waals surface area contributed by atoms with E-state index in [-0.39, 0.29) is 0 Å². The molecule has 1 amide bonds. The van der Waals surface area contributed by atoms with Gasteiger partial charge in [0.2, 0.25) is 5.91 Å². The zero-order valence-electron chi connectivity index (χ0n) is 15.5. The predicted molar refractivity (Wildman–Crippen MR) is 74.5 cm³/mol. The Labute approximate surface area is 172 Å². The lowest BCUT2D eigenvalue weighted by Gasteiger charge is -2.40. The van der Waals surface area contributed by atoms with Crippen molar-refractivity contribution in [3.05, 3.63) is 12.7 Å². The molecule has 0 aliphatic rings. The Morgan fingerprint density at radius 3 is 1.48 bits per heavy atom. The molecule has 19 heteroatoms. The highest BCUT2D eigenvalue weighted by atomic mass is 19.4. The molecule has 0 aliphatic carbocycles. The minimum Gasteiger partial charge on any atom is -0.459 e. The zero-order valence-corrected chi connectivity index (χ0v) is 15.5. The maximum atomic E-state index is 13.5. The van der Waals surface area contributed by atoms with Gasteiger partial charge in [0.05, 0.1) is 6.04 Å². The van der Waals surface area contributed by atoms with Crippen LogP contribution in [0.4, 0.5) is 65.9 Å². The minimum absolute atomic E-state index is 0.556. The van der Waals surface area contributed by atoms with Crippen LogP contribution < -0.4 is 5.32 Å². The number of nitrogens with one attached hydrogen (secondary N) is 1. The van der Waals surface area contributed by atoms with E-state index in [4.69, 9.17) is 0 Å². The van der Waals surface area contributed by atoms with E-state index in [0.29, 0.717) is 6.08 Å². The number of esters is 1. The largest absolute Gasteiger partial charge is 0.460 e. The molecule has 4 nitrogen and oxygen atoms in total. The number of ether oxygens (including phenoxy) is 1. The lowest BCUT2D eigenvalue weighted by atomic mass is 9.91. The third-order valence-corrected chi connectivity index (χ3v) is 3.62. The van der Waals surface area contributed by atoms with Gasteiger partial charge in [-0.15, -0.1) is 0 Å². The van der Waals surface area contributed by atoms with E-state index in [1.165, 1.54) is 0 Å². The molecule has 0 aromatic carbocycles. The Hall–Kier alpha value is -2.37. The quantitative estimate of drug-likeness (QED) is 0.258. The minimum atomic E-state index is -8.50. The Balaban J connectivity index is 6.15. The predicted octanol–water partition coefficient (Wildman–Crippen LogP) is 4.59. The molecule has 0 bridgehead atoms. The summed E-state index contributed by atoms with van der Waals surface area (Å²) in [4.78, 5) is 21.9. The molecule has 1 N–H and O–H groups in total. The molecule has 1 unspecified atom stereocenters. The molecular weight excluding hydrogens is 515 g/mol. The third-order valence-electron chi connectivity index (χ3n) is 3.62. The Bertz CT molecular complexity index is 759. The van der Waals surface area contributed by atoms with Crippen LogP contribution in [0.3, 0.4) is 0 Å². The fourth-order valence-electron chi connectivity index (χ4n) is 1.73. The van der Waals surface area contributed by atoms with Crippen molar-refractivity contribution in [1.29, 1.82) is 0 Å². The summed E-state index contributed by atoms with van der Waals surface area (Å²) in [6.07, 6.45) is -7.17. The van der Waals surface area contributed by atoms with Crippen LogP contribution in [-0.2, 0) is 14.3 Å². The van der Waals surface area contributed by atoms with Crippen LogP contribution in [0.2, 0.25) is 0 Å². The molecule has 0 saturated carbocycles. The van der Waals surface area contributed by atoms with E-state index in [0.717, 1.165) is 6.92 Å². The van der Waals surface area contributed by atoms with E-state index in [1.54, 1.807) is 5.32 Å². The molecule has 0 spiro atoms. The molecule has 0 saturated heterocycles. The van der Waals surface area contributed by atoms with Crippen LogP contribution in [0.1, 0.15) is 6.92 Å². The first-order valence-electron chi connectivity index (χ1n) is 7.71. The van der Waals surface area contributed by atoms with Gasteiger partial charge in [-0.2, -0.15) is 65.9 Å². The van der Waals surface area contributed by atoms with Gasteiger partial charge in [0.15, 0.2) is 0 Å². The molecule has 0 aromatic rings. The van der Waals surface area contributed by atoms with Gasteiger partial charge in [0, 0.05) is 0 Å². The number of carbonyl (C=O) groups is 2. The van der Waals surface area contributed by atoms with Gasteiger partial charge in [0.1, 0.15) is 6.61 Å². The Kier molecular flexibility index (Phi) is 8.14.